The monoisotopic (exact) mass is 395 g/mol. The Morgan fingerprint density at radius 1 is 1.10 bits per heavy atom. The molecule has 0 saturated carbocycles. The number of ether oxygens (including phenoxy) is 2. The lowest BCUT2D eigenvalue weighted by molar-refractivity contribution is -0.120. The SMILES string of the molecule is CN1CCC(Oc2ccc(NC(=O)c3ccc4c(c3)N(C)C(=O)CO4)cc2)CC1. The molecule has 7 nitrogen and oxygen atoms in total. The van der Waals surface area contributed by atoms with Gasteiger partial charge < -0.3 is 24.6 Å². The van der Waals surface area contributed by atoms with Gasteiger partial charge in [0.25, 0.3) is 11.8 Å². The van der Waals surface area contributed by atoms with E-state index >= 15 is 0 Å². The molecule has 2 aliphatic rings. The summed E-state index contributed by atoms with van der Waals surface area (Å²) in [6, 6.07) is 12.5. The Balaban J connectivity index is 1.39. The summed E-state index contributed by atoms with van der Waals surface area (Å²) in [5, 5.41) is 2.88. The number of piperidine rings is 1. The fourth-order valence-electron chi connectivity index (χ4n) is 3.53. The van der Waals surface area contributed by atoms with E-state index in [0.717, 1.165) is 31.7 Å². The van der Waals surface area contributed by atoms with Gasteiger partial charge >= 0.3 is 0 Å². The van der Waals surface area contributed by atoms with Crippen molar-refractivity contribution in [2.24, 2.45) is 0 Å². The van der Waals surface area contributed by atoms with Crippen LogP contribution in [0.15, 0.2) is 42.5 Å². The molecular weight excluding hydrogens is 370 g/mol. The van der Waals surface area contributed by atoms with Gasteiger partial charge in [0.2, 0.25) is 0 Å². The summed E-state index contributed by atoms with van der Waals surface area (Å²) >= 11 is 0. The number of hydrogen-bond acceptors (Lipinski definition) is 5. The van der Waals surface area contributed by atoms with Gasteiger partial charge in [-0.05, 0) is 62.4 Å². The molecule has 2 aromatic rings. The number of rotatable bonds is 4. The summed E-state index contributed by atoms with van der Waals surface area (Å²) in [7, 11) is 3.80. The summed E-state index contributed by atoms with van der Waals surface area (Å²) in [5.74, 6) is 1.01. The fraction of sp³-hybridized carbons (Fsp3) is 0.364. The molecule has 0 unspecified atom stereocenters. The van der Waals surface area contributed by atoms with E-state index in [4.69, 9.17) is 9.47 Å². The average molecular weight is 395 g/mol. The number of nitrogens with zero attached hydrogens (tertiary/aromatic N) is 2. The fourth-order valence-corrected chi connectivity index (χ4v) is 3.53. The molecule has 1 N–H and O–H groups in total. The van der Waals surface area contributed by atoms with E-state index in [-0.39, 0.29) is 24.5 Å². The maximum absolute atomic E-state index is 12.6. The lowest BCUT2D eigenvalue weighted by Gasteiger charge is -2.29. The molecule has 7 heteroatoms. The molecule has 2 aromatic carbocycles. The highest BCUT2D eigenvalue weighted by Crippen LogP contribution is 2.32. The van der Waals surface area contributed by atoms with Crippen LogP contribution in [0.4, 0.5) is 11.4 Å². The molecule has 1 saturated heterocycles. The van der Waals surface area contributed by atoms with Gasteiger partial charge in [0.1, 0.15) is 17.6 Å². The van der Waals surface area contributed by atoms with Crippen LogP contribution in [0.3, 0.4) is 0 Å². The zero-order chi connectivity index (χ0) is 20.4. The van der Waals surface area contributed by atoms with Crippen molar-refractivity contribution in [3.8, 4) is 11.5 Å². The quantitative estimate of drug-likeness (QED) is 0.862. The second-order valence-corrected chi connectivity index (χ2v) is 7.52. The van der Waals surface area contributed by atoms with Crippen molar-refractivity contribution in [2.45, 2.75) is 18.9 Å². The van der Waals surface area contributed by atoms with E-state index in [1.54, 1.807) is 25.2 Å². The average Bonchev–Trinajstić information content (AvgIpc) is 2.73. The van der Waals surface area contributed by atoms with Crippen LogP contribution >= 0.6 is 0 Å². The summed E-state index contributed by atoms with van der Waals surface area (Å²) in [4.78, 5) is 28.2. The first-order valence-electron chi connectivity index (χ1n) is 9.79. The van der Waals surface area contributed by atoms with Gasteiger partial charge in [0.05, 0.1) is 5.69 Å². The van der Waals surface area contributed by atoms with Crippen molar-refractivity contribution in [1.29, 1.82) is 0 Å². The Hall–Kier alpha value is -3.06. The van der Waals surface area contributed by atoms with Gasteiger partial charge in [-0.2, -0.15) is 0 Å². The third-order valence-corrected chi connectivity index (χ3v) is 5.39. The molecule has 0 spiro atoms. The van der Waals surface area contributed by atoms with Gasteiger partial charge in [-0.1, -0.05) is 0 Å². The Labute approximate surface area is 170 Å². The predicted molar refractivity (Wildman–Crippen MR) is 111 cm³/mol. The number of amides is 2. The van der Waals surface area contributed by atoms with Crippen LogP contribution in [0.25, 0.3) is 0 Å². The molecule has 152 valence electrons. The van der Waals surface area contributed by atoms with Crippen molar-refractivity contribution in [3.63, 3.8) is 0 Å². The van der Waals surface area contributed by atoms with E-state index in [2.05, 4.69) is 17.3 Å². The van der Waals surface area contributed by atoms with Gasteiger partial charge in [-0.25, -0.2) is 0 Å². The Bertz CT molecular complexity index is 905. The molecule has 0 bridgehead atoms. The van der Waals surface area contributed by atoms with E-state index in [1.807, 2.05) is 24.3 Å². The lowest BCUT2D eigenvalue weighted by Crippen LogP contribution is -2.35. The summed E-state index contributed by atoms with van der Waals surface area (Å²) in [6.45, 7) is 2.11. The van der Waals surface area contributed by atoms with Crippen LogP contribution < -0.4 is 19.7 Å². The van der Waals surface area contributed by atoms with Crippen LogP contribution in [0.1, 0.15) is 23.2 Å². The van der Waals surface area contributed by atoms with Crippen molar-refractivity contribution < 1.29 is 19.1 Å². The minimum Gasteiger partial charge on any atom is -0.490 e. The van der Waals surface area contributed by atoms with E-state index in [1.165, 1.54) is 4.90 Å². The minimum absolute atomic E-state index is 0.0149. The lowest BCUT2D eigenvalue weighted by atomic mass is 10.1. The molecule has 29 heavy (non-hydrogen) atoms. The summed E-state index contributed by atoms with van der Waals surface area (Å²) < 4.78 is 11.4. The summed E-state index contributed by atoms with van der Waals surface area (Å²) in [5.41, 5.74) is 1.74. The number of likely N-dealkylation sites (tertiary alicyclic amines) is 1. The Morgan fingerprint density at radius 3 is 2.55 bits per heavy atom. The Morgan fingerprint density at radius 2 is 1.83 bits per heavy atom. The van der Waals surface area contributed by atoms with Crippen molar-refractivity contribution in [2.75, 3.05) is 44.0 Å². The Kier molecular flexibility index (Phi) is 5.40. The van der Waals surface area contributed by atoms with Gasteiger partial charge in [-0.3, -0.25) is 9.59 Å². The van der Waals surface area contributed by atoms with Gasteiger partial charge in [-0.15, -0.1) is 0 Å². The highest BCUT2D eigenvalue weighted by molar-refractivity contribution is 6.06. The predicted octanol–water partition coefficient (Wildman–Crippen LogP) is 2.77. The normalized spacial score (nSPS) is 17.4. The van der Waals surface area contributed by atoms with Crippen LogP contribution in [0, 0.1) is 0 Å². The number of benzene rings is 2. The van der Waals surface area contributed by atoms with E-state index < -0.39 is 0 Å². The summed E-state index contributed by atoms with van der Waals surface area (Å²) in [6.07, 6.45) is 2.28. The molecule has 2 heterocycles. The number of nitrogens with one attached hydrogen (secondary N) is 1. The van der Waals surface area contributed by atoms with Gasteiger partial charge in [0, 0.05) is 31.4 Å². The standard InChI is InChI=1S/C22H25N3O4/c1-24-11-9-18(10-12-24)29-17-6-4-16(5-7-17)23-22(27)15-3-8-20-19(13-15)25(2)21(26)14-28-20/h3-8,13,18H,9-12,14H2,1-2H3,(H,23,27). The second kappa shape index (κ2) is 8.13. The van der Waals surface area contributed by atoms with Crippen LogP contribution in [0.2, 0.25) is 0 Å². The van der Waals surface area contributed by atoms with Crippen molar-refractivity contribution in [3.05, 3.63) is 48.0 Å². The third-order valence-electron chi connectivity index (χ3n) is 5.39. The topological polar surface area (TPSA) is 71.1 Å². The number of fused-ring (bicyclic) bond motifs is 1. The molecule has 0 aromatic heterocycles. The van der Waals surface area contributed by atoms with Crippen LogP contribution in [-0.2, 0) is 4.79 Å². The second-order valence-electron chi connectivity index (χ2n) is 7.52. The van der Waals surface area contributed by atoms with E-state index in [9.17, 15) is 9.59 Å². The van der Waals surface area contributed by atoms with E-state index in [0.29, 0.717) is 22.7 Å². The van der Waals surface area contributed by atoms with Crippen LogP contribution in [-0.4, -0.2) is 56.6 Å². The first kappa shape index (κ1) is 19.3. The number of carbonyl (C=O) groups excluding carboxylic acids is 2. The third kappa shape index (κ3) is 4.35. The van der Waals surface area contributed by atoms with Crippen molar-refractivity contribution in [1.82, 2.24) is 4.90 Å². The molecule has 2 aliphatic heterocycles. The zero-order valence-corrected chi connectivity index (χ0v) is 16.7. The molecule has 1 fully saturated rings. The minimum atomic E-state index is -0.247. The number of anilines is 2. The molecular formula is C22H25N3O4. The zero-order valence-electron chi connectivity index (χ0n) is 16.7. The van der Waals surface area contributed by atoms with Crippen LogP contribution in [0.5, 0.6) is 11.5 Å². The molecule has 0 atom stereocenters. The smallest absolute Gasteiger partial charge is 0.264 e. The largest absolute Gasteiger partial charge is 0.490 e. The van der Waals surface area contributed by atoms with Crippen molar-refractivity contribution >= 4 is 23.2 Å². The molecule has 0 radical (unpaired) electrons. The first-order chi connectivity index (χ1) is 14.0. The molecule has 0 aliphatic carbocycles. The highest BCUT2D eigenvalue weighted by atomic mass is 16.5. The number of likely N-dealkylation sites (N-methyl/N-ethyl adjacent to an activating group) is 1. The van der Waals surface area contributed by atoms with Gasteiger partial charge in [0.15, 0.2) is 6.61 Å². The number of hydrogen-bond donors (Lipinski definition) is 1. The maximum Gasteiger partial charge on any atom is 0.264 e. The number of carbonyl (C=O) groups is 2. The first-order valence-corrected chi connectivity index (χ1v) is 9.79. The highest BCUT2D eigenvalue weighted by Gasteiger charge is 2.23. The molecule has 2 amide bonds. The molecule has 4 rings (SSSR count). The maximum atomic E-state index is 12.6.